The highest BCUT2D eigenvalue weighted by Gasteiger charge is 2.46. The van der Waals surface area contributed by atoms with E-state index in [4.69, 9.17) is 11.6 Å². The first-order chi connectivity index (χ1) is 12.2. The first kappa shape index (κ1) is 16.2. The maximum atomic E-state index is 6.65. The van der Waals surface area contributed by atoms with Crippen LogP contribution in [0.1, 0.15) is 24.0 Å². The minimum Gasteiger partial charge on any atom is -0.343 e. The number of benzene rings is 2. The molecule has 3 aromatic rings. The van der Waals surface area contributed by atoms with Gasteiger partial charge in [0.05, 0.1) is 0 Å². The molecule has 1 aromatic heterocycles. The molecular formula is C20H20ClN4. The van der Waals surface area contributed by atoms with Crippen LogP contribution in [0.25, 0.3) is 0 Å². The van der Waals surface area contributed by atoms with Gasteiger partial charge >= 0.3 is 0 Å². The Hall–Kier alpha value is -2.33. The summed E-state index contributed by atoms with van der Waals surface area (Å²) in [7, 11) is 0. The maximum Gasteiger partial charge on any atom is 0.163 e. The van der Waals surface area contributed by atoms with Crippen LogP contribution in [-0.4, -0.2) is 26.7 Å². The lowest BCUT2D eigenvalue weighted by atomic mass is 9.87. The third-order valence-corrected chi connectivity index (χ3v) is 5.26. The van der Waals surface area contributed by atoms with Gasteiger partial charge in [0, 0.05) is 30.1 Å². The second-order valence-electron chi connectivity index (χ2n) is 6.52. The molecule has 4 rings (SSSR count). The maximum absolute atomic E-state index is 6.65. The van der Waals surface area contributed by atoms with Gasteiger partial charge in [0.15, 0.2) is 5.66 Å². The number of alkyl halides is 1. The average molecular weight is 352 g/mol. The van der Waals surface area contributed by atoms with E-state index in [1.165, 1.54) is 5.56 Å². The Morgan fingerprint density at radius 1 is 1.24 bits per heavy atom. The molecule has 1 fully saturated rings. The lowest BCUT2D eigenvalue weighted by Crippen LogP contribution is -2.57. The smallest absolute Gasteiger partial charge is 0.163 e. The molecule has 2 atom stereocenters. The highest BCUT2D eigenvalue weighted by molar-refractivity contribution is 6.20. The summed E-state index contributed by atoms with van der Waals surface area (Å²) < 4.78 is 1.94. The van der Waals surface area contributed by atoms with Crippen LogP contribution in [-0.2, 0) is 5.66 Å². The van der Waals surface area contributed by atoms with Crippen molar-refractivity contribution in [3.05, 3.63) is 78.4 Å². The number of rotatable bonds is 3. The van der Waals surface area contributed by atoms with E-state index < -0.39 is 5.66 Å². The Kier molecular flexibility index (Phi) is 4.22. The van der Waals surface area contributed by atoms with Crippen molar-refractivity contribution in [2.24, 2.45) is 0 Å². The number of halogens is 1. The lowest BCUT2D eigenvalue weighted by molar-refractivity contribution is 0.243. The summed E-state index contributed by atoms with van der Waals surface area (Å²) in [6, 6.07) is 20.0. The molecule has 1 aliphatic heterocycles. The summed E-state index contributed by atoms with van der Waals surface area (Å²) in [5.41, 5.74) is 2.91. The van der Waals surface area contributed by atoms with Crippen molar-refractivity contribution in [2.45, 2.75) is 30.8 Å². The van der Waals surface area contributed by atoms with Crippen LogP contribution in [0.2, 0.25) is 0 Å². The molecule has 2 unspecified atom stereocenters. The minimum atomic E-state index is -0.507. The van der Waals surface area contributed by atoms with Crippen LogP contribution in [0.5, 0.6) is 0 Å². The highest BCUT2D eigenvalue weighted by Crippen LogP contribution is 2.42. The van der Waals surface area contributed by atoms with E-state index in [9.17, 15) is 0 Å². The van der Waals surface area contributed by atoms with Crippen molar-refractivity contribution in [2.75, 3.05) is 11.4 Å². The van der Waals surface area contributed by atoms with Crippen molar-refractivity contribution in [1.82, 2.24) is 14.8 Å². The summed E-state index contributed by atoms with van der Waals surface area (Å²) in [6.45, 7) is 2.94. The zero-order chi connectivity index (χ0) is 17.3. The van der Waals surface area contributed by atoms with Gasteiger partial charge in [-0.05, 0) is 30.5 Å². The summed E-state index contributed by atoms with van der Waals surface area (Å²) in [5, 5.41) is 4.59. The van der Waals surface area contributed by atoms with Crippen LogP contribution in [0, 0.1) is 13.0 Å². The molecule has 0 saturated carbocycles. The fourth-order valence-corrected chi connectivity index (χ4v) is 4.05. The van der Waals surface area contributed by atoms with Gasteiger partial charge in [-0.25, -0.2) is 9.67 Å². The molecule has 0 aliphatic carbocycles. The zero-order valence-corrected chi connectivity index (χ0v) is 14.9. The van der Waals surface area contributed by atoms with Crippen molar-refractivity contribution < 1.29 is 0 Å². The minimum absolute atomic E-state index is 0.0745. The molecule has 0 spiro atoms. The van der Waals surface area contributed by atoms with E-state index >= 15 is 0 Å². The van der Waals surface area contributed by atoms with E-state index in [0.717, 1.165) is 30.6 Å². The molecule has 127 valence electrons. The quantitative estimate of drug-likeness (QED) is 0.669. The first-order valence-corrected chi connectivity index (χ1v) is 8.94. The summed E-state index contributed by atoms with van der Waals surface area (Å²) in [5.74, 6) is 0. The number of nitrogens with zero attached hydrogens (tertiary/aromatic N) is 4. The van der Waals surface area contributed by atoms with Crippen LogP contribution in [0.4, 0.5) is 5.69 Å². The van der Waals surface area contributed by atoms with Crippen LogP contribution < -0.4 is 4.90 Å². The molecule has 0 amide bonds. The molecule has 1 radical (unpaired) electrons. The van der Waals surface area contributed by atoms with Crippen molar-refractivity contribution in [3.8, 4) is 0 Å². The summed E-state index contributed by atoms with van der Waals surface area (Å²) >= 11 is 6.65. The Morgan fingerprint density at radius 3 is 2.80 bits per heavy atom. The monoisotopic (exact) mass is 351 g/mol. The molecule has 2 heterocycles. The summed E-state index contributed by atoms with van der Waals surface area (Å²) in [4.78, 5) is 6.57. The van der Waals surface area contributed by atoms with Crippen molar-refractivity contribution in [1.29, 1.82) is 0 Å². The van der Waals surface area contributed by atoms with E-state index in [1.54, 1.807) is 12.7 Å². The Balaban J connectivity index is 1.94. The average Bonchev–Trinajstić information content (AvgIpc) is 3.17. The number of anilines is 1. The molecule has 1 aliphatic rings. The molecule has 2 aromatic carbocycles. The third kappa shape index (κ3) is 2.81. The molecule has 0 bridgehead atoms. The standard InChI is InChI=1S/C20H20ClN4/c1-16-6-5-9-19(12-16)24-11-10-18(21)13-20(24,25-15-22-14-23-25)17-7-3-2-4-8-17/h2-8,12,14-15,18H,10-11,13H2,1H3. The molecule has 0 N–H and O–H groups in total. The third-order valence-electron chi connectivity index (χ3n) is 4.89. The Bertz CT molecular complexity index is 834. The normalized spacial score (nSPS) is 23.6. The fourth-order valence-electron chi connectivity index (χ4n) is 3.74. The predicted molar refractivity (Wildman–Crippen MR) is 99.8 cm³/mol. The van der Waals surface area contributed by atoms with Gasteiger partial charge in [0.2, 0.25) is 0 Å². The number of aryl methyl sites for hydroxylation is 1. The van der Waals surface area contributed by atoms with Gasteiger partial charge < -0.3 is 4.90 Å². The van der Waals surface area contributed by atoms with Crippen LogP contribution >= 0.6 is 11.6 Å². The number of hydrogen-bond donors (Lipinski definition) is 0. The fraction of sp³-hybridized carbons (Fsp3) is 0.300. The molecule has 4 nitrogen and oxygen atoms in total. The van der Waals surface area contributed by atoms with E-state index in [1.807, 2.05) is 16.8 Å². The van der Waals surface area contributed by atoms with E-state index in [2.05, 4.69) is 64.4 Å². The second-order valence-corrected chi connectivity index (χ2v) is 7.13. The largest absolute Gasteiger partial charge is 0.343 e. The van der Waals surface area contributed by atoms with Gasteiger partial charge in [-0.3, -0.25) is 0 Å². The van der Waals surface area contributed by atoms with Gasteiger partial charge in [0.1, 0.15) is 12.7 Å². The highest BCUT2D eigenvalue weighted by atomic mass is 35.5. The Morgan fingerprint density at radius 2 is 2.08 bits per heavy atom. The number of piperidine rings is 1. The van der Waals surface area contributed by atoms with Crippen molar-refractivity contribution >= 4 is 17.3 Å². The molecule has 5 heteroatoms. The van der Waals surface area contributed by atoms with Gasteiger partial charge in [-0.15, -0.1) is 11.6 Å². The van der Waals surface area contributed by atoms with Gasteiger partial charge in [0.25, 0.3) is 0 Å². The second kappa shape index (κ2) is 6.52. The molecule has 1 saturated heterocycles. The Labute approximate surface area is 153 Å². The zero-order valence-electron chi connectivity index (χ0n) is 14.1. The number of aromatic nitrogens is 3. The topological polar surface area (TPSA) is 34.0 Å². The molecular weight excluding hydrogens is 332 g/mol. The number of hydrogen-bond acceptors (Lipinski definition) is 3. The lowest BCUT2D eigenvalue weighted by Gasteiger charge is -2.50. The van der Waals surface area contributed by atoms with E-state index in [0.29, 0.717) is 0 Å². The van der Waals surface area contributed by atoms with E-state index in [-0.39, 0.29) is 5.38 Å². The van der Waals surface area contributed by atoms with Crippen LogP contribution in [0.15, 0.2) is 61.2 Å². The van der Waals surface area contributed by atoms with Crippen molar-refractivity contribution in [3.63, 3.8) is 0 Å². The first-order valence-electron chi connectivity index (χ1n) is 8.51. The predicted octanol–water partition coefficient (Wildman–Crippen LogP) is 4.00. The SMILES string of the molecule is Cc1cc[c]c(N2CCC(Cl)CC2(c2ccccc2)n2cncn2)c1. The van der Waals surface area contributed by atoms with Gasteiger partial charge in [-0.2, -0.15) is 5.10 Å². The summed E-state index contributed by atoms with van der Waals surface area (Å²) in [6.07, 6.45) is 5.04. The van der Waals surface area contributed by atoms with Crippen LogP contribution in [0.3, 0.4) is 0 Å². The molecule has 25 heavy (non-hydrogen) atoms. The van der Waals surface area contributed by atoms with Gasteiger partial charge in [-0.1, -0.05) is 42.5 Å².